The topological polar surface area (TPSA) is 197 Å². The number of likely N-dealkylation sites (tertiary alicyclic amines) is 2. The Hall–Kier alpha value is -5.15. The van der Waals surface area contributed by atoms with Crippen LogP contribution in [0.3, 0.4) is 0 Å². The molecule has 0 bridgehead atoms. The summed E-state index contributed by atoms with van der Waals surface area (Å²) in [6.45, 7) is 6.55. The van der Waals surface area contributed by atoms with Crippen LogP contribution in [0.2, 0.25) is 0 Å². The quantitative estimate of drug-likeness (QED) is 0.178. The van der Waals surface area contributed by atoms with E-state index in [9.17, 15) is 29.1 Å². The Labute approximate surface area is 330 Å². The molecule has 3 aliphatic heterocycles. The second-order valence-electron chi connectivity index (χ2n) is 14.9. The number of carbonyl (C=O) groups is 5. The van der Waals surface area contributed by atoms with Crippen LogP contribution in [0.15, 0.2) is 71.0 Å². The van der Waals surface area contributed by atoms with Crippen molar-refractivity contribution >= 4 is 46.8 Å². The van der Waals surface area contributed by atoms with Gasteiger partial charge in [0, 0.05) is 24.9 Å². The molecule has 5 N–H and O–H groups in total. The lowest BCUT2D eigenvalue weighted by Crippen LogP contribution is -2.55. The fourth-order valence-corrected chi connectivity index (χ4v) is 8.63. The van der Waals surface area contributed by atoms with Crippen LogP contribution in [-0.2, 0) is 36.8 Å². The van der Waals surface area contributed by atoms with Gasteiger partial charge in [0.05, 0.1) is 12.1 Å². The van der Waals surface area contributed by atoms with Gasteiger partial charge in [0.15, 0.2) is 11.7 Å². The van der Waals surface area contributed by atoms with Crippen LogP contribution in [0.1, 0.15) is 85.5 Å². The predicted octanol–water partition coefficient (Wildman–Crippen LogP) is 3.51. The Bertz CT molecular complexity index is 1910. The van der Waals surface area contributed by atoms with Crippen LogP contribution in [0.25, 0.3) is 0 Å². The Morgan fingerprint density at radius 2 is 1.55 bits per heavy atom. The maximum atomic E-state index is 14.3. The van der Waals surface area contributed by atoms with Crippen molar-refractivity contribution in [2.24, 2.45) is 16.6 Å². The summed E-state index contributed by atoms with van der Waals surface area (Å²) in [6, 6.07) is 14.4. The van der Waals surface area contributed by atoms with Gasteiger partial charge in [0.1, 0.15) is 29.2 Å². The summed E-state index contributed by atoms with van der Waals surface area (Å²) < 4.78 is 6.20. The van der Waals surface area contributed by atoms with Gasteiger partial charge in [-0.15, -0.1) is 11.3 Å². The summed E-state index contributed by atoms with van der Waals surface area (Å²) in [7, 11) is 0. The van der Waals surface area contributed by atoms with E-state index >= 15 is 0 Å². The number of carbonyl (C=O) groups excluding carboxylic acids is 4. The number of nitrogens with two attached hydrogens (primary N) is 1. The van der Waals surface area contributed by atoms with Crippen LogP contribution in [-0.4, -0.2) is 105 Å². The Balaban J connectivity index is 1.16. The van der Waals surface area contributed by atoms with Crippen molar-refractivity contribution in [3.63, 3.8) is 0 Å². The molecule has 298 valence electrons. The maximum absolute atomic E-state index is 14.3. The molecule has 6 rings (SSSR count). The zero-order valence-corrected chi connectivity index (χ0v) is 32.8. The van der Waals surface area contributed by atoms with E-state index in [1.807, 2.05) is 74.5 Å². The zero-order valence-electron chi connectivity index (χ0n) is 32.0. The standard InChI is InChI=1S/C41H51N7O7S/c1-4-24(2)33(45-35(49)31-17-11-19-47(31)39(51)28(42)21-26-13-7-5-8-14-26)37-46-34(25(3)55-37)36(50)43-29(22-27-15-9-6-10-16-27)40(52)48-20-12-18-32(48)38-44-30(23-56-38)41(53)54/h5-10,13-16,23-25,28-29,31-34H,4,11-12,17-22,42H2,1-3H3,(H,43,50)(H,45,49)(H,53,54)/t24-,25+,28-,29-,31-,32-,33-,34-/m0/s1. The van der Waals surface area contributed by atoms with Gasteiger partial charge in [0.25, 0.3) is 0 Å². The number of ether oxygens (including phenoxy) is 1. The molecule has 56 heavy (non-hydrogen) atoms. The number of benzene rings is 2. The van der Waals surface area contributed by atoms with E-state index in [0.717, 1.165) is 11.1 Å². The first-order valence-corrected chi connectivity index (χ1v) is 20.3. The molecule has 0 aliphatic carbocycles. The number of rotatable bonds is 15. The van der Waals surface area contributed by atoms with Gasteiger partial charge in [-0.25, -0.2) is 14.8 Å². The third-order valence-corrected chi connectivity index (χ3v) is 11.9. The fourth-order valence-electron chi connectivity index (χ4n) is 7.69. The summed E-state index contributed by atoms with van der Waals surface area (Å²) in [4.78, 5) is 79.5. The average Bonchev–Trinajstić information content (AvgIpc) is 4.03. The molecule has 2 fully saturated rings. The summed E-state index contributed by atoms with van der Waals surface area (Å²) >= 11 is 1.21. The van der Waals surface area contributed by atoms with E-state index in [0.29, 0.717) is 56.6 Å². The first-order valence-electron chi connectivity index (χ1n) is 19.4. The molecule has 4 amide bonds. The number of nitrogens with one attached hydrogen (secondary N) is 2. The van der Waals surface area contributed by atoms with Crippen LogP contribution < -0.4 is 16.4 Å². The summed E-state index contributed by atoms with van der Waals surface area (Å²) in [5.74, 6) is -2.42. The van der Waals surface area contributed by atoms with E-state index in [-0.39, 0.29) is 41.7 Å². The summed E-state index contributed by atoms with van der Waals surface area (Å²) in [5.41, 5.74) is 8.08. The van der Waals surface area contributed by atoms with Gasteiger partial charge in [-0.2, -0.15) is 0 Å². The van der Waals surface area contributed by atoms with Crippen molar-refractivity contribution < 1.29 is 33.8 Å². The van der Waals surface area contributed by atoms with Crippen molar-refractivity contribution in [2.75, 3.05) is 13.1 Å². The number of aromatic carboxylic acids is 1. The SMILES string of the molecule is CC[C@H](C)[C@H](NC(=O)[C@@H]1CCCN1C(=O)[C@@H](N)Cc1ccccc1)C1=N[C@H](C(=O)N[C@@H](Cc2ccccc2)C(=O)N2CCC[C@H]2c2nc(C(=O)O)cs2)[C@@H](C)O1. The molecule has 0 unspecified atom stereocenters. The fraction of sp³-hybridized carbons (Fsp3) is 0.488. The second kappa shape index (κ2) is 18.2. The Morgan fingerprint density at radius 1 is 0.911 bits per heavy atom. The highest BCUT2D eigenvalue weighted by Gasteiger charge is 2.43. The summed E-state index contributed by atoms with van der Waals surface area (Å²) in [6.07, 6.45) is 3.07. The molecule has 2 saturated heterocycles. The lowest BCUT2D eigenvalue weighted by atomic mass is 9.98. The minimum absolute atomic E-state index is 0.0636. The van der Waals surface area contributed by atoms with Gasteiger partial charge in [-0.3, -0.25) is 19.2 Å². The maximum Gasteiger partial charge on any atom is 0.355 e. The number of thiazole rings is 1. The van der Waals surface area contributed by atoms with E-state index in [1.54, 1.807) is 16.7 Å². The highest BCUT2D eigenvalue weighted by Crippen LogP contribution is 2.35. The molecule has 3 aromatic rings. The first-order chi connectivity index (χ1) is 26.9. The largest absolute Gasteiger partial charge is 0.476 e. The molecule has 15 heteroatoms. The number of carboxylic acid groups (broad SMARTS) is 1. The highest BCUT2D eigenvalue weighted by atomic mass is 32.1. The number of nitrogens with zero attached hydrogens (tertiary/aromatic N) is 4. The number of amides is 4. The average molecular weight is 786 g/mol. The van der Waals surface area contributed by atoms with Crippen molar-refractivity contribution in [1.29, 1.82) is 0 Å². The van der Waals surface area contributed by atoms with Gasteiger partial charge < -0.3 is 36.0 Å². The van der Waals surface area contributed by atoms with E-state index in [2.05, 4.69) is 15.6 Å². The van der Waals surface area contributed by atoms with E-state index in [1.165, 1.54) is 16.7 Å². The van der Waals surface area contributed by atoms with Gasteiger partial charge in [0.2, 0.25) is 29.5 Å². The molecule has 8 atom stereocenters. The highest BCUT2D eigenvalue weighted by molar-refractivity contribution is 7.09. The first kappa shape index (κ1) is 40.5. The zero-order chi connectivity index (χ0) is 39.9. The molecular weight excluding hydrogens is 735 g/mol. The number of hydrogen-bond acceptors (Lipinski definition) is 10. The van der Waals surface area contributed by atoms with Gasteiger partial charge in [-0.05, 0) is 56.1 Å². The summed E-state index contributed by atoms with van der Waals surface area (Å²) in [5, 5.41) is 17.5. The van der Waals surface area contributed by atoms with Crippen LogP contribution >= 0.6 is 11.3 Å². The van der Waals surface area contributed by atoms with Crippen molar-refractivity contribution in [1.82, 2.24) is 25.4 Å². The van der Waals surface area contributed by atoms with Crippen LogP contribution in [0, 0.1) is 5.92 Å². The molecule has 0 radical (unpaired) electrons. The molecule has 4 heterocycles. The molecule has 0 saturated carbocycles. The third-order valence-electron chi connectivity index (χ3n) is 11.0. The molecule has 3 aliphatic rings. The predicted molar refractivity (Wildman–Crippen MR) is 211 cm³/mol. The van der Waals surface area contributed by atoms with Crippen LogP contribution in [0.5, 0.6) is 0 Å². The lowest BCUT2D eigenvalue weighted by molar-refractivity contribution is -0.139. The monoisotopic (exact) mass is 785 g/mol. The van der Waals surface area contributed by atoms with Crippen LogP contribution in [0.4, 0.5) is 0 Å². The number of carboxylic acids is 1. The molecule has 2 aromatic carbocycles. The lowest BCUT2D eigenvalue weighted by Gasteiger charge is -2.30. The molecule has 1 aromatic heterocycles. The smallest absolute Gasteiger partial charge is 0.355 e. The van der Waals surface area contributed by atoms with Crippen molar-refractivity contribution in [3.05, 3.63) is 87.9 Å². The van der Waals surface area contributed by atoms with Crippen molar-refractivity contribution in [3.8, 4) is 0 Å². The van der Waals surface area contributed by atoms with E-state index < -0.39 is 54.2 Å². The number of hydrogen-bond donors (Lipinski definition) is 4. The second-order valence-corrected chi connectivity index (χ2v) is 15.8. The van der Waals surface area contributed by atoms with E-state index in [4.69, 9.17) is 15.5 Å². The minimum Gasteiger partial charge on any atom is -0.476 e. The van der Waals surface area contributed by atoms with Gasteiger partial charge in [-0.1, -0.05) is 80.9 Å². The number of aliphatic imine (C=N–C) groups is 1. The molecule has 14 nitrogen and oxygen atoms in total. The normalized spacial score (nSPS) is 22.8. The third kappa shape index (κ3) is 9.27. The number of aromatic nitrogens is 1. The van der Waals surface area contributed by atoms with Gasteiger partial charge >= 0.3 is 5.97 Å². The van der Waals surface area contributed by atoms with Crippen molar-refractivity contribution in [2.45, 2.75) is 108 Å². The Kier molecular flexibility index (Phi) is 13.2. The molecular formula is C41H51N7O7S. The molecule has 0 spiro atoms. The minimum atomic E-state index is -1.13. The Morgan fingerprint density at radius 3 is 2.20 bits per heavy atom.